The molecule has 3 heteroatoms. The topological polar surface area (TPSA) is 43.1 Å². The van der Waals surface area contributed by atoms with Crippen LogP contribution in [0.2, 0.25) is 0 Å². The number of hydrogen-bond donors (Lipinski definition) is 1. The summed E-state index contributed by atoms with van der Waals surface area (Å²) >= 11 is 1.23. The molecule has 20 heavy (non-hydrogen) atoms. The zero-order valence-electron chi connectivity index (χ0n) is 11.6. The van der Waals surface area contributed by atoms with Crippen molar-refractivity contribution in [3.8, 4) is 0 Å². The Hall–Kier alpha value is -1.58. The number of benzene rings is 2. The normalized spacial score (nSPS) is 12.1. The maximum atomic E-state index is 12.1. The number of thioether (sulfide) groups is 1. The summed E-state index contributed by atoms with van der Waals surface area (Å²) in [5, 5.41) is 0.0322. The highest BCUT2D eigenvalue weighted by atomic mass is 32.2. The summed E-state index contributed by atoms with van der Waals surface area (Å²) in [6.07, 6.45) is 1.52. The average Bonchev–Trinajstić information content (AvgIpc) is 2.48. The lowest BCUT2D eigenvalue weighted by Crippen LogP contribution is -2.28. The van der Waals surface area contributed by atoms with Crippen molar-refractivity contribution in [3.63, 3.8) is 0 Å². The number of hydrogen-bond acceptors (Lipinski definition) is 3. The summed E-state index contributed by atoms with van der Waals surface area (Å²) in [5.41, 5.74) is 8.38. The fourth-order valence-corrected chi connectivity index (χ4v) is 2.66. The number of rotatable bonds is 5. The average molecular weight is 285 g/mol. The summed E-state index contributed by atoms with van der Waals surface area (Å²) in [5.74, 6) is 0. The van der Waals surface area contributed by atoms with Gasteiger partial charge in [0, 0.05) is 4.90 Å². The van der Waals surface area contributed by atoms with Gasteiger partial charge in [-0.05, 0) is 37.5 Å². The van der Waals surface area contributed by atoms with E-state index in [2.05, 4.69) is 12.1 Å². The van der Waals surface area contributed by atoms with E-state index in [1.165, 1.54) is 22.9 Å². The van der Waals surface area contributed by atoms with Gasteiger partial charge in [-0.25, -0.2) is 0 Å². The molecule has 104 valence electrons. The lowest BCUT2D eigenvalue weighted by molar-refractivity contribution is -0.112. The van der Waals surface area contributed by atoms with E-state index in [9.17, 15) is 4.79 Å². The molecule has 0 spiro atoms. The van der Waals surface area contributed by atoms with Crippen LogP contribution in [-0.4, -0.2) is 11.2 Å². The molecule has 0 amide bonds. The Morgan fingerprint density at radius 1 is 1.10 bits per heavy atom. The maximum absolute atomic E-state index is 12.1. The van der Waals surface area contributed by atoms with Crippen molar-refractivity contribution in [1.82, 2.24) is 0 Å². The standard InChI is InChI=1S/C17H19NOS/c1-13-7-10-15(11-8-13)20-17(19)16(18)12-9-14-5-3-2-4-6-14/h2-8,10-11,16H,9,12,18H2,1H3. The molecule has 2 rings (SSSR count). The van der Waals surface area contributed by atoms with Gasteiger partial charge in [0.25, 0.3) is 0 Å². The van der Waals surface area contributed by atoms with Crippen LogP contribution >= 0.6 is 11.8 Å². The van der Waals surface area contributed by atoms with E-state index in [0.717, 1.165) is 11.3 Å². The van der Waals surface area contributed by atoms with Crippen molar-refractivity contribution in [1.29, 1.82) is 0 Å². The number of carbonyl (C=O) groups is 1. The van der Waals surface area contributed by atoms with Gasteiger partial charge in [0.1, 0.15) is 0 Å². The van der Waals surface area contributed by atoms with Crippen LogP contribution < -0.4 is 5.73 Å². The molecule has 0 bridgehead atoms. The lowest BCUT2D eigenvalue weighted by atomic mass is 10.1. The molecule has 0 aliphatic rings. The Kier molecular flexibility index (Phi) is 5.39. The summed E-state index contributed by atoms with van der Waals surface area (Å²) in [6.45, 7) is 2.03. The minimum absolute atomic E-state index is 0.0322. The highest BCUT2D eigenvalue weighted by Gasteiger charge is 2.14. The molecule has 0 aliphatic heterocycles. The van der Waals surface area contributed by atoms with Crippen molar-refractivity contribution >= 4 is 16.9 Å². The van der Waals surface area contributed by atoms with Gasteiger partial charge in [0.15, 0.2) is 0 Å². The third kappa shape index (κ3) is 4.51. The van der Waals surface area contributed by atoms with Gasteiger partial charge < -0.3 is 5.73 Å². The van der Waals surface area contributed by atoms with Crippen LogP contribution in [0.5, 0.6) is 0 Å². The highest BCUT2D eigenvalue weighted by Crippen LogP contribution is 2.21. The van der Waals surface area contributed by atoms with Gasteiger partial charge in [-0.1, -0.05) is 59.8 Å². The van der Waals surface area contributed by atoms with E-state index < -0.39 is 6.04 Å². The van der Waals surface area contributed by atoms with Crippen molar-refractivity contribution in [2.24, 2.45) is 5.73 Å². The Labute approximate surface area is 124 Å². The second-order valence-electron chi connectivity index (χ2n) is 4.86. The minimum Gasteiger partial charge on any atom is -0.321 e. The van der Waals surface area contributed by atoms with Gasteiger partial charge in [-0.2, -0.15) is 0 Å². The number of aryl methyl sites for hydroxylation is 2. The predicted molar refractivity (Wildman–Crippen MR) is 84.8 cm³/mol. The smallest absolute Gasteiger partial charge is 0.210 e. The summed E-state index contributed by atoms with van der Waals surface area (Å²) in [6, 6.07) is 17.6. The molecule has 0 saturated carbocycles. The van der Waals surface area contributed by atoms with Crippen LogP contribution in [-0.2, 0) is 11.2 Å². The quantitative estimate of drug-likeness (QED) is 0.854. The summed E-state index contributed by atoms with van der Waals surface area (Å²) in [4.78, 5) is 13.0. The second kappa shape index (κ2) is 7.27. The van der Waals surface area contributed by atoms with Crippen molar-refractivity contribution in [2.45, 2.75) is 30.7 Å². The SMILES string of the molecule is Cc1ccc(SC(=O)C(N)CCc2ccccc2)cc1. The first-order valence-corrected chi connectivity index (χ1v) is 7.54. The Morgan fingerprint density at radius 3 is 2.40 bits per heavy atom. The second-order valence-corrected chi connectivity index (χ2v) is 5.94. The Morgan fingerprint density at radius 2 is 1.75 bits per heavy atom. The highest BCUT2D eigenvalue weighted by molar-refractivity contribution is 8.13. The number of nitrogens with two attached hydrogens (primary N) is 1. The van der Waals surface area contributed by atoms with Crippen LogP contribution in [0.3, 0.4) is 0 Å². The third-order valence-corrected chi connectivity index (χ3v) is 4.14. The Bertz CT molecular complexity index is 551. The van der Waals surface area contributed by atoms with Gasteiger partial charge in [-0.15, -0.1) is 0 Å². The molecule has 0 aliphatic carbocycles. The molecule has 2 nitrogen and oxygen atoms in total. The molecular weight excluding hydrogens is 266 g/mol. The zero-order valence-corrected chi connectivity index (χ0v) is 12.4. The molecule has 2 N–H and O–H groups in total. The van der Waals surface area contributed by atoms with E-state index >= 15 is 0 Å². The van der Waals surface area contributed by atoms with Gasteiger partial charge in [0.05, 0.1) is 6.04 Å². The van der Waals surface area contributed by atoms with Crippen LogP contribution in [0.1, 0.15) is 17.5 Å². The van der Waals surface area contributed by atoms with Crippen molar-refractivity contribution < 1.29 is 4.79 Å². The number of carbonyl (C=O) groups excluding carboxylic acids is 1. The monoisotopic (exact) mass is 285 g/mol. The third-order valence-electron chi connectivity index (χ3n) is 3.13. The summed E-state index contributed by atoms with van der Waals surface area (Å²) < 4.78 is 0. The summed E-state index contributed by atoms with van der Waals surface area (Å²) in [7, 11) is 0. The fourth-order valence-electron chi connectivity index (χ4n) is 1.88. The first-order chi connectivity index (χ1) is 9.65. The van der Waals surface area contributed by atoms with Crippen LogP contribution in [0, 0.1) is 6.92 Å². The van der Waals surface area contributed by atoms with E-state index in [1.807, 2.05) is 49.4 Å². The molecule has 1 atom stereocenters. The molecule has 2 aromatic carbocycles. The van der Waals surface area contributed by atoms with Crippen molar-refractivity contribution in [3.05, 3.63) is 65.7 Å². The lowest BCUT2D eigenvalue weighted by Gasteiger charge is -2.10. The molecular formula is C17H19NOS. The zero-order chi connectivity index (χ0) is 14.4. The van der Waals surface area contributed by atoms with Crippen molar-refractivity contribution in [2.75, 3.05) is 0 Å². The first-order valence-electron chi connectivity index (χ1n) is 6.73. The molecule has 0 radical (unpaired) electrons. The van der Waals surface area contributed by atoms with E-state index in [1.54, 1.807) is 0 Å². The van der Waals surface area contributed by atoms with Crippen LogP contribution in [0.4, 0.5) is 0 Å². The Balaban J connectivity index is 1.84. The van der Waals surface area contributed by atoms with E-state index in [-0.39, 0.29) is 5.12 Å². The first kappa shape index (κ1) is 14.8. The van der Waals surface area contributed by atoms with Gasteiger partial charge in [-0.3, -0.25) is 4.79 Å². The minimum atomic E-state index is -0.415. The molecule has 2 aromatic rings. The maximum Gasteiger partial charge on any atom is 0.210 e. The molecule has 0 fully saturated rings. The predicted octanol–water partition coefficient (Wildman–Crippen LogP) is 3.57. The largest absolute Gasteiger partial charge is 0.321 e. The molecule has 0 aromatic heterocycles. The van der Waals surface area contributed by atoms with Gasteiger partial charge in [0.2, 0.25) is 5.12 Å². The van der Waals surface area contributed by atoms with E-state index in [4.69, 9.17) is 5.73 Å². The molecule has 0 saturated heterocycles. The van der Waals surface area contributed by atoms with Crippen LogP contribution in [0.25, 0.3) is 0 Å². The molecule has 0 heterocycles. The van der Waals surface area contributed by atoms with Gasteiger partial charge >= 0.3 is 0 Å². The van der Waals surface area contributed by atoms with Crippen LogP contribution in [0.15, 0.2) is 59.5 Å². The molecule has 1 unspecified atom stereocenters. The van der Waals surface area contributed by atoms with E-state index in [0.29, 0.717) is 6.42 Å². The fraction of sp³-hybridized carbons (Fsp3) is 0.235.